The lowest BCUT2D eigenvalue weighted by Crippen LogP contribution is -2.47. The largest absolute Gasteiger partial charge is 0.390 e. The Hall–Kier alpha value is -2.81. The van der Waals surface area contributed by atoms with Crippen molar-refractivity contribution >= 4 is 17.5 Å². The third-order valence-electron chi connectivity index (χ3n) is 5.67. The molecule has 162 valence electrons. The van der Waals surface area contributed by atoms with E-state index in [0.29, 0.717) is 31.0 Å². The van der Waals surface area contributed by atoms with E-state index in [1.165, 1.54) is 13.3 Å². The molecule has 1 saturated heterocycles. The number of amides is 1. The van der Waals surface area contributed by atoms with E-state index in [1.807, 2.05) is 30.3 Å². The van der Waals surface area contributed by atoms with Gasteiger partial charge in [-0.15, -0.1) is 0 Å². The van der Waals surface area contributed by atoms with Crippen LogP contribution in [-0.4, -0.2) is 66.5 Å². The zero-order valence-electron chi connectivity index (χ0n) is 17.1. The number of benzene rings is 1. The average molecular weight is 442 g/mol. The summed E-state index contributed by atoms with van der Waals surface area (Å²) in [6, 6.07) is 9.35. The van der Waals surface area contributed by atoms with E-state index in [0.717, 1.165) is 28.2 Å². The van der Waals surface area contributed by atoms with Gasteiger partial charge in [0, 0.05) is 47.0 Å². The molecule has 0 bridgehead atoms. The van der Waals surface area contributed by atoms with Gasteiger partial charge < -0.3 is 15.1 Å². The Balaban J connectivity index is 1.62. The number of hydrogen-bond donors (Lipinski definition) is 3. The fourth-order valence-corrected chi connectivity index (χ4v) is 4.07. The number of aromatic amines is 1. The van der Waals surface area contributed by atoms with Crippen molar-refractivity contribution in [2.24, 2.45) is 0 Å². The molecule has 1 amide bonds. The molecule has 31 heavy (non-hydrogen) atoms. The van der Waals surface area contributed by atoms with Gasteiger partial charge in [0.2, 0.25) is 0 Å². The molecule has 0 radical (unpaired) electrons. The van der Waals surface area contributed by atoms with E-state index in [-0.39, 0.29) is 5.92 Å². The number of aliphatic hydroxyl groups is 2. The lowest BCUT2D eigenvalue weighted by Gasteiger charge is -2.33. The summed E-state index contributed by atoms with van der Waals surface area (Å²) in [6.45, 7) is 2.39. The first-order valence-electron chi connectivity index (χ1n) is 10.2. The fraction of sp³-hybridized carbons (Fsp3) is 0.364. The molecule has 1 aliphatic heterocycles. The van der Waals surface area contributed by atoms with Crippen molar-refractivity contribution in [3.63, 3.8) is 0 Å². The van der Waals surface area contributed by atoms with Gasteiger partial charge in [0.15, 0.2) is 6.10 Å². The van der Waals surface area contributed by atoms with Crippen molar-refractivity contribution in [1.29, 1.82) is 0 Å². The van der Waals surface area contributed by atoms with E-state index >= 15 is 0 Å². The van der Waals surface area contributed by atoms with Crippen LogP contribution in [0.15, 0.2) is 42.9 Å². The molecule has 3 heterocycles. The van der Waals surface area contributed by atoms with E-state index in [2.05, 4.69) is 20.2 Å². The van der Waals surface area contributed by atoms with Crippen molar-refractivity contribution in [2.75, 3.05) is 13.1 Å². The molecule has 9 heteroatoms. The van der Waals surface area contributed by atoms with Crippen LogP contribution in [0.25, 0.3) is 22.5 Å². The molecule has 1 aromatic carbocycles. The minimum Gasteiger partial charge on any atom is -0.390 e. The van der Waals surface area contributed by atoms with Gasteiger partial charge in [-0.3, -0.25) is 9.89 Å². The molecule has 0 saturated carbocycles. The molecule has 0 spiro atoms. The maximum absolute atomic E-state index is 12.4. The third kappa shape index (κ3) is 4.46. The minimum atomic E-state index is -1.39. The molecule has 0 aliphatic carbocycles. The lowest BCUT2D eigenvalue weighted by atomic mass is 9.88. The second-order valence-corrected chi connectivity index (χ2v) is 8.18. The van der Waals surface area contributed by atoms with Crippen molar-refractivity contribution in [2.45, 2.75) is 37.9 Å². The Bertz CT molecular complexity index is 1030. The van der Waals surface area contributed by atoms with E-state index < -0.39 is 18.1 Å². The van der Waals surface area contributed by atoms with Gasteiger partial charge in [-0.2, -0.15) is 5.10 Å². The van der Waals surface area contributed by atoms with Gasteiger partial charge in [-0.1, -0.05) is 23.7 Å². The number of likely N-dealkylation sites (tertiary alicyclic amines) is 1. The van der Waals surface area contributed by atoms with Gasteiger partial charge in [0.05, 0.1) is 11.8 Å². The summed E-state index contributed by atoms with van der Waals surface area (Å²) in [6.07, 6.45) is 2.14. The Labute approximate surface area is 184 Å². The highest BCUT2D eigenvalue weighted by atomic mass is 35.5. The van der Waals surface area contributed by atoms with Crippen LogP contribution in [0.3, 0.4) is 0 Å². The predicted molar refractivity (Wildman–Crippen MR) is 116 cm³/mol. The van der Waals surface area contributed by atoms with Gasteiger partial charge in [0.1, 0.15) is 12.0 Å². The molecule has 1 fully saturated rings. The highest BCUT2D eigenvalue weighted by Crippen LogP contribution is 2.39. The number of carbonyl (C=O) groups is 1. The van der Waals surface area contributed by atoms with Crippen molar-refractivity contribution in [1.82, 2.24) is 25.1 Å². The van der Waals surface area contributed by atoms with Gasteiger partial charge in [-0.25, -0.2) is 9.97 Å². The number of halogens is 1. The maximum atomic E-state index is 12.4. The number of carbonyl (C=O) groups excluding carboxylic acids is 1. The maximum Gasteiger partial charge on any atom is 0.254 e. The number of piperidine rings is 1. The van der Waals surface area contributed by atoms with E-state index in [4.69, 9.17) is 11.6 Å². The number of aliphatic hydroxyl groups excluding tert-OH is 2. The highest BCUT2D eigenvalue weighted by Gasteiger charge is 2.32. The summed E-state index contributed by atoms with van der Waals surface area (Å²) in [5.74, 6) is -0.290. The molecule has 2 atom stereocenters. The Kier molecular flexibility index (Phi) is 6.31. The number of nitrogens with one attached hydrogen (secondary N) is 1. The molecule has 8 nitrogen and oxygen atoms in total. The molecule has 3 N–H and O–H groups in total. The van der Waals surface area contributed by atoms with E-state index in [1.54, 1.807) is 11.1 Å². The monoisotopic (exact) mass is 441 g/mol. The Morgan fingerprint density at radius 2 is 1.90 bits per heavy atom. The summed E-state index contributed by atoms with van der Waals surface area (Å²) in [5.41, 5.74) is 4.36. The van der Waals surface area contributed by atoms with Crippen LogP contribution in [0.4, 0.5) is 0 Å². The molecule has 0 unspecified atom stereocenters. The van der Waals surface area contributed by atoms with Crippen molar-refractivity contribution < 1.29 is 15.0 Å². The normalized spacial score (nSPS) is 16.8. The quantitative estimate of drug-likeness (QED) is 0.560. The zero-order chi connectivity index (χ0) is 22.0. The van der Waals surface area contributed by atoms with Crippen LogP contribution < -0.4 is 0 Å². The molecule has 1 aliphatic rings. The Morgan fingerprint density at radius 1 is 1.19 bits per heavy atom. The summed E-state index contributed by atoms with van der Waals surface area (Å²) in [4.78, 5) is 22.4. The average Bonchev–Trinajstić information content (AvgIpc) is 3.24. The predicted octanol–water partition coefficient (Wildman–Crippen LogP) is 2.63. The van der Waals surface area contributed by atoms with Gasteiger partial charge in [-0.05, 0) is 38.0 Å². The first-order valence-corrected chi connectivity index (χ1v) is 10.6. The molecular formula is C22H24ClN5O3. The van der Waals surface area contributed by atoms with Crippen molar-refractivity contribution in [3.05, 3.63) is 53.6 Å². The second kappa shape index (κ2) is 9.13. The molecule has 4 rings (SSSR count). The first kappa shape index (κ1) is 21.4. The third-order valence-corrected chi connectivity index (χ3v) is 5.93. The topological polar surface area (TPSA) is 115 Å². The number of nitrogens with zero attached hydrogens (tertiary/aromatic N) is 4. The van der Waals surface area contributed by atoms with Crippen LogP contribution >= 0.6 is 11.6 Å². The Morgan fingerprint density at radius 3 is 2.52 bits per heavy atom. The van der Waals surface area contributed by atoms with E-state index in [9.17, 15) is 15.0 Å². The number of aromatic nitrogens is 4. The van der Waals surface area contributed by atoms with Crippen LogP contribution in [0.5, 0.6) is 0 Å². The summed E-state index contributed by atoms with van der Waals surface area (Å²) >= 11 is 6.05. The fourth-order valence-electron chi connectivity index (χ4n) is 3.95. The molecule has 2 aromatic heterocycles. The smallest absolute Gasteiger partial charge is 0.254 e. The molecular weight excluding hydrogens is 418 g/mol. The SMILES string of the molecule is C[C@H](O)[C@@H](O)C(=O)N1CCC(c2[nH]nc(-c3ccc(Cl)cc3)c2-c2ccncn2)CC1. The van der Waals surface area contributed by atoms with Crippen LogP contribution in [0, 0.1) is 0 Å². The highest BCUT2D eigenvalue weighted by molar-refractivity contribution is 6.30. The lowest BCUT2D eigenvalue weighted by molar-refractivity contribution is -0.146. The van der Waals surface area contributed by atoms with Gasteiger partial charge >= 0.3 is 0 Å². The summed E-state index contributed by atoms with van der Waals surface area (Å²) < 4.78 is 0. The summed E-state index contributed by atoms with van der Waals surface area (Å²) in [7, 11) is 0. The number of H-pyrrole nitrogens is 1. The second-order valence-electron chi connectivity index (χ2n) is 7.75. The molecule has 3 aromatic rings. The first-order chi connectivity index (χ1) is 15.0. The van der Waals surface area contributed by atoms with Crippen LogP contribution in [0.2, 0.25) is 5.02 Å². The number of hydrogen-bond acceptors (Lipinski definition) is 6. The van der Waals surface area contributed by atoms with Crippen LogP contribution in [0.1, 0.15) is 31.4 Å². The van der Waals surface area contributed by atoms with Crippen molar-refractivity contribution in [3.8, 4) is 22.5 Å². The summed E-state index contributed by atoms with van der Waals surface area (Å²) in [5, 5.41) is 27.9. The van der Waals surface area contributed by atoms with Crippen LogP contribution in [-0.2, 0) is 4.79 Å². The minimum absolute atomic E-state index is 0.145. The standard InChI is InChI=1S/C22H24ClN5O3/c1-13(29)21(30)22(31)28-10-7-15(8-11-28)20-18(17-6-9-24-12-25-17)19(26-27-20)14-2-4-16(23)5-3-14/h2-6,9,12-13,15,21,29-30H,7-8,10-11H2,1H3,(H,26,27)/t13-,21+/m0/s1. The van der Waals surface area contributed by atoms with Gasteiger partial charge in [0.25, 0.3) is 5.91 Å². The zero-order valence-corrected chi connectivity index (χ0v) is 17.8. The number of rotatable bonds is 5.